The van der Waals surface area contributed by atoms with Crippen molar-refractivity contribution in [3.8, 4) is 11.5 Å². The average Bonchev–Trinajstić information content (AvgIpc) is 2.39. The largest absolute Gasteiger partial charge is 0.496 e. The van der Waals surface area contributed by atoms with Gasteiger partial charge in [0.2, 0.25) is 0 Å². The van der Waals surface area contributed by atoms with Crippen LogP contribution in [0.4, 0.5) is 0 Å². The lowest BCUT2D eigenvalue weighted by molar-refractivity contribution is -0.144. The Morgan fingerprint density at radius 3 is 2.53 bits per heavy atom. The highest BCUT2D eigenvalue weighted by molar-refractivity contribution is 5.76. The van der Waals surface area contributed by atoms with E-state index in [0.717, 1.165) is 16.9 Å². The first-order valence-corrected chi connectivity index (χ1v) is 6.17. The summed E-state index contributed by atoms with van der Waals surface area (Å²) in [5.41, 5.74) is 7.57. The summed E-state index contributed by atoms with van der Waals surface area (Å²) in [5.74, 6) is 1.03. The van der Waals surface area contributed by atoms with Crippen LogP contribution in [-0.4, -0.2) is 32.8 Å². The third-order valence-corrected chi connectivity index (χ3v) is 2.89. The fraction of sp³-hybridized carbons (Fsp3) is 0.500. The first-order chi connectivity index (χ1) is 9.04. The highest BCUT2D eigenvalue weighted by atomic mass is 16.5. The average molecular weight is 267 g/mol. The molecule has 0 spiro atoms. The molecule has 19 heavy (non-hydrogen) atoms. The van der Waals surface area contributed by atoms with Crippen molar-refractivity contribution in [3.63, 3.8) is 0 Å². The van der Waals surface area contributed by atoms with Gasteiger partial charge in [-0.05, 0) is 25.5 Å². The van der Waals surface area contributed by atoms with Crippen LogP contribution < -0.4 is 15.2 Å². The van der Waals surface area contributed by atoms with Crippen LogP contribution in [0.3, 0.4) is 0 Å². The molecule has 0 radical (unpaired) electrons. The molecule has 1 atom stereocenters. The van der Waals surface area contributed by atoms with Gasteiger partial charge in [-0.25, -0.2) is 0 Å². The van der Waals surface area contributed by atoms with E-state index < -0.39 is 12.0 Å². The molecule has 0 saturated carbocycles. The lowest BCUT2D eigenvalue weighted by Gasteiger charge is -2.16. The second-order valence-corrected chi connectivity index (χ2v) is 4.15. The monoisotopic (exact) mass is 267 g/mol. The number of rotatable bonds is 6. The lowest BCUT2D eigenvalue weighted by atomic mass is 10.0. The quantitative estimate of drug-likeness (QED) is 0.790. The molecule has 0 aliphatic heterocycles. The number of hydrogen-bond donors (Lipinski definition) is 1. The molecule has 0 fully saturated rings. The lowest BCUT2D eigenvalue weighted by Crippen LogP contribution is -2.34. The van der Waals surface area contributed by atoms with Crippen LogP contribution in [0.5, 0.6) is 11.5 Å². The van der Waals surface area contributed by atoms with E-state index in [1.807, 2.05) is 19.1 Å². The normalized spacial score (nSPS) is 11.8. The molecule has 0 bridgehead atoms. The zero-order valence-corrected chi connectivity index (χ0v) is 11.9. The minimum atomic E-state index is -0.693. The van der Waals surface area contributed by atoms with Crippen LogP contribution in [0.1, 0.15) is 18.1 Å². The van der Waals surface area contributed by atoms with Crippen LogP contribution in [0.2, 0.25) is 0 Å². The Labute approximate surface area is 113 Å². The molecule has 1 unspecified atom stereocenters. The van der Waals surface area contributed by atoms with Gasteiger partial charge in [-0.1, -0.05) is 6.07 Å². The van der Waals surface area contributed by atoms with Gasteiger partial charge >= 0.3 is 5.97 Å². The fourth-order valence-electron chi connectivity index (χ4n) is 1.97. The maximum Gasteiger partial charge on any atom is 0.323 e. The summed E-state index contributed by atoms with van der Waals surface area (Å²) < 4.78 is 15.5. The molecule has 5 heteroatoms. The van der Waals surface area contributed by atoms with E-state index >= 15 is 0 Å². The topological polar surface area (TPSA) is 70.8 Å². The summed E-state index contributed by atoms with van der Waals surface area (Å²) in [6.45, 7) is 3.98. The number of carbonyl (C=O) groups excluding carboxylic acids is 1. The van der Waals surface area contributed by atoms with E-state index in [4.69, 9.17) is 19.9 Å². The van der Waals surface area contributed by atoms with Crippen molar-refractivity contribution in [1.82, 2.24) is 0 Å². The molecule has 5 nitrogen and oxygen atoms in total. The van der Waals surface area contributed by atoms with Gasteiger partial charge in [0.25, 0.3) is 0 Å². The molecular formula is C14H21NO4. The smallest absolute Gasteiger partial charge is 0.323 e. The SMILES string of the molecule is CCOC(=O)C(N)Cc1ccc(OC)c(C)c1OC. The summed E-state index contributed by atoms with van der Waals surface area (Å²) in [7, 11) is 3.19. The van der Waals surface area contributed by atoms with Crippen LogP contribution in [-0.2, 0) is 16.0 Å². The number of methoxy groups -OCH3 is 2. The minimum absolute atomic E-state index is 0.325. The second-order valence-electron chi connectivity index (χ2n) is 4.15. The zero-order chi connectivity index (χ0) is 14.4. The number of carbonyl (C=O) groups is 1. The number of benzene rings is 1. The van der Waals surface area contributed by atoms with Crippen LogP contribution >= 0.6 is 0 Å². The zero-order valence-electron chi connectivity index (χ0n) is 11.9. The standard InChI is InChI=1S/C14H21NO4/c1-5-19-14(16)11(15)8-10-6-7-12(17-3)9(2)13(10)18-4/h6-7,11H,5,8,15H2,1-4H3. The van der Waals surface area contributed by atoms with Gasteiger partial charge in [0.05, 0.1) is 20.8 Å². The van der Waals surface area contributed by atoms with Gasteiger partial charge in [0.15, 0.2) is 0 Å². The predicted octanol–water partition coefficient (Wildman–Crippen LogP) is 1.45. The van der Waals surface area contributed by atoms with E-state index in [-0.39, 0.29) is 0 Å². The summed E-state index contributed by atoms with van der Waals surface area (Å²) in [4.78, 5) is 11.5. The molecular weight excluding hydrogens is 246 g/mol. The molecule has 0 saturated heterocycles. The first kappa shape index (κ1) is 15.3. The maximum absolute atomic E-state index is 11.5. The van der Waals surface area contributed by atoms with Crippen molar-refractivity contribution in [1.29, 1.82) is 0 Å². The Morgan fingerprint density at radius 1 is 1.32 bits per heavy atom. The highest BCUT2D eigenvalue weighted by Crippen LogP contribution is 2.31. The van der Waals surface area contributed by atoms with Gasteiger partial charge in [0, 0.05) is 12.0 Å². The Kier molecular flexibility index (Phi) is 5.63. The summed E-state index contributed by atoms with van der Waals surface area (Å²) in [6.07, 6.45) is 0.368. The van der Waals surface area contributed by atoms with Gasteiger partial charge in [-0.15, -0.1) is 0 Å². The van der Waals surface area contributed by atoms with Crippen molar-refractivity contribution in [3.05, 3.63) is 23.3 Å². The van der Waals surface area contributed by atoms with Crippen molar-refractivity contribution >= 4 is 5.97 Å². The third-order valence-electron chi connectivity index (χ3n) is 2.89. The van der Waals surface area contributed by atoms with Gasteiger partial charge < -0.3 is 19.9 Å². The molecule has 0 amide bonds. The fourth-order valence-corrected chi connectivity index (χ4v) is 1.97. The Morgan fingerprint density at radius 2 is 2.00 bits per heavy atom. The van der Waals surface area contributed by atoms with Crippen molar-refractivity contribution in [2.45, 2.75) is 26.3 Å². The molecule has 0 aromatic heterocycles. The molecule has 106 valence electrons. The predicted molar refractivity (Wildman–Crippen MR) is 72.6 cm³/mol. The highest BCUT2D eigenvalue weighted by Gasteiger charge is 2.19. The summed E-state index contributed by atoms with van der Waals surface area (Å²) in [6, 6.07) is 3.00. The number of hydrogen-bond acceptors (Lipinski definition) is 5. The number of esters is 1. The molecule has 0 aliphatic carbocycles. The molecule has 1 aromatic rings. The second kappa shape index (κ2) is 6.99. The van der Waals surface area contributed by atoms with Crippen molar-refractivity contribution in [2.24, 2.45) is 5.73 Å². The first-order valence-electron chi connectivity index (χ1n) is 6.17. The van der Waals surface area contributed by atoms with Crippen molar-refractivity contribution < 1.29 is 19.0 Å². The molecule has 0 heterocycles. The molecule has 1 aromatic carbocycles. The molecule has 2 N–H and O–H groups in total. The summed E-state index contributed by atoms with van der Waals surface area (Å²) >= 11 is 0. The van der Waals surface area contributed by atoms with E-state index in [9.17, 15) is 4.79 Å². The minimum Gasteiger partial charge on any atom is -0.496 e. The van der Waals surface area contributed by atoms with Crippen LogP contribution in [0, 0.1) is 6.92 Å². The number of nitrogens with two attached hydrogens (primary N) is 1. The maximum atomic E-state index is 11.5. The Hall–Kier alpha value is -1.75. The van der Waals surface area contributed by atoms with Crippen LogP contribution in [0.25, 0.3) is 0 Å². The van der Waals surface area contributed by atoms with Gasteiger partial charge in [-0.2, -0.15) is 0 Å². The van der Waals surface area contributed by atoms with E-state index in [1.54, 1.807) is 21.1 Å². The van der Waals surface area contributed by atoms with Crippen molar-refractivity contribution in [2.75, 3.05) is 20.8 Å². The van der Waals surface area contributed by atoms with E-state index in [1.165, 1.54) is 0 Å². The van der Waals surface area contributed by atoms with E-state index in [0.29, 0.717) is 18.8 Å². The van der Waals surface area contributed by atoms with E-state index in [2.05, 4.69) is 0 Å². The number of ether oxygens (including phenoxy) is 3. The van der Waals surface area contributed by atoms with Crippen LogP contribution in [0.15, 0.2) is 12.1 Å². The summed E-state index contributed by atoms with van der Waals surface area (Å²) in [5, 5.41) is 0. The Bertz CT molecular complexity index is 445. The van der Waals surface area contributed by atoms with Gasteiger partial charge in [-0.3, -0.25) is 4.79 Å². The van der Waals surface area contributed by atoms with Gasteiger partial charge in [0.1, 0.15) is 17.5 Å². The third kappa shape index (κ3) is 3.61. The molecule has 1 rings (SSSR count). The molecule has 0 aliphatic rings. The Balaban J connectivity index is 2.95.